The second-order valence-electron chi connectivity index (χ2n) is 6.36. The van der Waals surface area contributed by atoms with Crippen molar-refractivity contribution < 1.29 is 17.9 Å². The van der Waals surface area contributed by atoms with Crippen molar-refractivity contribution in [3.05, 3.63) is 90.0 Å². The summed E-state index contributed by atoms with van der Waals surface area (Å²) >= 11 is 0. The lowest BCUT2D eigenvalue weighted by molar-refractivity contribution is 0.102. The molecule has 30 heavy (non-hydrogen) atoms. The molecule has 2 N–H and O–H groups in total. The fourth-order valence-corrected chi connectivity index (χ4v) is 3.46. The summed E-state index contributed by atoms with van der Waals surface area (Å²) in [6, 6.07) is 21.7. The van der Waals surface area contributed by atoms with Crippen LogP contribution in [0.4, 0.5) is 5.69 Å². The predicted molar refractivity (Wildman–Crippen MR) is 116 cm³/mol. The second kappa shape index (κ2) is 9.23. The molecule has 3 aromatic carbocycles. The van der Waals surface area contributed by atoms with Crippen molar-refractivity contribution in [2.24, 2.45) is 5.10 Å². The van der Waals surface area contributed by atoms with Gasteiger partial charge in [0.05, 0.1) is 17.7 Å². The van der Waals surface area contributed by atoms with Crippen molar-refractivity contribution in [1.82, 2.24) is 4.83 Å². The summed E-state index contributed by atoms with van der Waals surface area (Å²) in [7, 11) is -2.16. The Morgan fingerprint density at radius 1 is 0.867 bits per heavy atom. The fraction of sp³-hybridized carbons (Fsp3) is 0.0909. The highest BCUT2D eigenvalue weighted by Gasteiger charge is 2.12. The highest BCUT2D eigenvalue weighted by atomic mass is 32.2. The number of carbonyl (C=O) groups excluding carboxylic acids is 1. The third-order valence-electron chi connectivity index (χ3n) is 4.30. The Kier molecular flexibility index (Phi) is 6.48. The molecule has 0 aliphatic carbocycles. The van der Waals surface area contributed by atoms with Gasteiger partial charge >= 0.3 is 0 Å². The van der Waals surface area contributed by atoms with Gasteiger partial charge in [0, 0.05) is 11.3 Å². The summed E-state index contributed by atoms with van der Waals surface area (Å²) in [6.45, 7) is 1.69. The molecule has 0 saturated heterocycles. The summed E-state index contributed by atoms with van der Waals surface area (Å²) in [5.74, 6) is 0.431. The molecule has 0 radical (unpaired) electrons. The Balaban J connectivity index is 1.65. The lowest BCUT2D eigenvalue weighted by atomic mass is 10.1. The lowest BCUT2D eigenvalue weighted by Gasteiger charge is -2.08. The normalized spacial score (nSPS) is 11.6. The zero-order valence-corrected chi connectivity index (χ0v) is 17.3. The van der Waals surface area contributed by atoms with Gasteiger partial charge in [-0.3, -0.25) is 4.79 Å². The second-order valence-corrected chi connectivity index (χ2v) is 8.03. The number of hydrogen-bond acceptors (Lipinski definition) is 5. The monoisotopic (exact) mass is 423 g/mol. The van der Waals surface area contributed by atoms with Crippen LogP contribution >= 0.6 is 0 Å². The molecule has 0 heterocycles. The van der Waals surface area contributed by atoms with E-state index in [9.17, 15) is 13.2 Å². The average Bonchev–Trinajstić information content (AvgIpc) is 2.78. The summed E-state index contributed by atoms with van der Waals surface area (Å²) in [5, 5.41) is 6.78. The van der Waals surface area contributed by atoms with E-state index in [1.54, 1.807) is 80.8 Å². The largest absolute Gasteiger partial charge is 0.497 e. The maximum atomic E-state index is 12.3. The molecule has 8 heteroatoms. The lowest BCUT2D eigenvalue weighted by Crippen LogP contribution is -2.19. The van der Waals surface area contributed by atoms with Crippen molar-refractivity contribution in [1.29, 1.82) is 0 Å². The Bertz CT molecular complexity index is 1140. The zero-order valence-electron chi connectivity index (χ0n) is 16.5. The maximum Gasteiger partial charge on any atom is 0.276 e. The number of nitrogens with zero attached hydrogens (tertiary/aromatic N) is 1. The Morgan fingerprint density at radius 3 is 2.07 bits per heavy atom. The van der Waals surface area contributed by atoms with Gasteiger partial charge in [-0.2, -0.15) is 18.4 Å². The molecule has 154 valence electrons. The molecule has 0 aliphatic heterocycles. The molecule has 1 amide bonds. The first-order chi connectivity index (χ1) is 14.4. The first-order valence-corrected chi connectivity index (χ1v) is 10.5. The maximum absolute atomic E-state index is 12.3. The van der Waals surface area contributed by atoms with Crippen LogP contribution in [0.5, 0.6) is 5.75 Å². The summed E-state index contributed by atoms with van der Waals surface area (Å²) < 4.78 is 29.6. The summed E-state index contributed by atoms with van der Waals surface area (Å²) in [4.78, 5) is 14.7. The minimum absolute atomic E-state index is 0.137. The van der Waals surface area contributed by atoms with Gasteiger partial charge in [-0.1, -0.05) is 30.3 Å². The molecule has 0 spiro atoms. The Hall–Kier alpha value is -3.65. The molecular weight excluding hydrogens is 402 g/mol. The molecule has 0 saturated carbocycles. The van der Waals surface area contributed by atoms with Gasteiger partial charge in [-0.15, -0.1) is 0 Å². The van der Waals surface area contributed by atoms with E-state index in [0.29, 0.717) is 28.3 Å². The SMILES string of the molecule is COc1ccc(C(=O)Nc2ccc(/C(C)=N\NS(=O)(=O)c3ccccc3)cc2)cc1. The van der Waals surface area contributed by atoms with Crippen LogP contribution in [-0.2, 0) is 10.0 Å². The number of hydrazone groups is 1. The topological polar surface area (TPSA) is 96.9 Å². The van der Waals surface area contributed by atoms with E-state index in [1.807, 2.05) is 0 Å². The van der Waals surface area contributed by atoms with E-state index in [-0.39, 0.29) is 10.8 Å². The van der Waals surface area contributed by atoms with Gasteiger partial charge in [0.25, 0.3) is 15.9 Å². The third kappa shape index (κ3) is 5.24. The number of rotatable bonds is 7. The van der Waals surface area contributed by atoms with Gasteiger partial charge in [-0.25, -0.2) is 0 Å². The molecular formula is C22H21N3O4S. The predicted octanol–water partition coefficient (Wildman–Crippen LogP) is 3.65. The summed E-state index contributed by atoms with van der Waals surface area (Å²) in [5.41, 5.74) is 2.32. The van der Waals surface area contributed by atoms with Gasteiger partial charge in [0.1, 0.15) is 5.75 Å². The minimum Gasteiger partial charge on any atom is -0.497 e. The van der Waals surface area contributed by atoms with Gasteiger partial charge in [0.2, 0.25) is 0 Å². The van der Waals surface area contributed by atoms with Crippen molar-refractivity contribution >= 4 is 27.3 Å². The number of sulfonamides is 1. The smallest absolute Gasteiger partial charge is 0.276 e. The standard InChI is InChI=1S/C22H21N3O4S/c1-16(24-25-30(27,28)21-6-4-3-5-7-21)17-8-12-19(13-9-17)23-22(26)18-10-14-20(29-2)15-11-18/h3-15,25H,1-2H3,(H,23,26)/b24-16-. The van der Waals surface area contributed by atoms with Crippen LogP contribution in [0.3, 0.4) is 0 Å². The quantitative estimate of drug-likeness (QED) is 0.448. The molecule has 0 bridgehead atoms. The van der Waals surface area contributed by atoms with E-state index in [4.69, 9.17) is 4.74 Å². The Labute approximate surface area is 175 Å². The highest BCUT2D eigenvalue weighted by Crippen LogP contribution is 2.15. The Morgan fingerprint density at radius 2 is 1.47 bits per heavy atom. The third-order valence-corrected chi connectivity index (χ3v) is 5.52. The minimum atomic E-state index is -3.73. The average molecular weight is 423 g/mol. The first-order valence-electron chi connectivity index (χ1n) is 9.06. The van der Waals surface area contributed by atoms with Crippen LogP contribution in [0.15, 0.2) is 88.9 Å². The van der Waals surface area contributed by atoms with E-state index in [2.05, 4.69) is 15.2 Å². The zero-order chi connectivity index (χ0) is 21.6. The van der Waals surface area contributed by atoms with Crippen LogP contribution in [0.25, 0.3) is 0 Å². The summed E-state index contributed by atoms with van der Waals surface area (Å²) in [6.07, 6.45) is 0. The number of hydrogen-bond donors (Lipinski definition) is 2. The van der Waals surface area contributed by atoms with Gasteiger partial charge in [0.15, 0.2) is 0 Å². The number of nitrogens with one attached hydrogen (secondary N) is 2. The molecule has 0 aromatic heterocycles. The van der Waals surface area contributed by atoms with Crippen molar-refractivity contribution in [2.45, 2.75) is 11.8 Å². The van der Waals surface area contributed by atoms with E-state index < -0.39 is 10.0 Å². The number of benzene rings is 3. The van der Waals surface area contributed by atoms with Gasteiger partial charge < -0.3 is 10.1 Å². The number of methoxy groups -OCH3 is 1. The molecule has 0 unspecified atom stereocenters. The van der Waals surface area contributed by atoms with Crippen molar-refractivity contribution in [2.75, 3.05) is 12.4 Å². The molecule has 3 aromatic rings. The van der Waals surface area contributed by atoms with E-state index in [0.717, 1.165) is 0 Å². The van der Waals surface area contributed by atoms with Crippen LogP contribution in [0.1, 0.15) is 22.8 Å². The molecule has 0 atom stereocenters. The van der Waals surface area contributed by atoms with Gasteiger partial charge in [-0.05, 0) is 61.0 Å². The van der Waals surface area contributed by atoms with Crippen molar-refractivity contribution in [3.63, 3.8) is 0 Å². The van der Waals surface area contributed by atoms with E-state index >= 15 is 0 Å². The first kappa shape index (κ1) is 21.1. The van der Waals surface area contributed by atoms with Crippen LogP contribution in [-0.4, -0.2) is 27.1 Å². The van der Waals surface area contributed by atoms with Crippen LogP contribution in [0, 0.1) is 0 Å². The van der Waals surface area contributed by atoms with E-state index in [1.165, 1.54) is 12.1 Å². The highest BCUT2D eigenvalue weighted by molar-refractivity contribution is 7.89. The van der Waals surface area contributed by atoms with Crippen LogP contribution in [0.2, 0.25) is 0 Å². The molecule has 7 nitrogen and oxygen atoms in total. The van der Waals surface area contributed by atoms with Crippen molar-refractivity contribution in [3.8, 4) is 5.75 Å². The number of amides is 1. The fourth-order valence-electron chi connectivity index (χ4n) is 2.59. The molecule has 0 fully saturated rings. The van der Waals surface area contributed by atoms with Crippen LogP contribution < -0.4 is 14.9 Å². The number of carbonyl (C=O) groups is 1. The molecule has 3 rings (SSSR count). The molecule has 0 aliphatic rings. The number of anilines is 1. The number of ether oxygens (including phenoxy) is 1.